The Morgan fingerprint density at radius 2 is 2.00 bits per heavy atom. The molecular weight excluding hydrogens is 292 g/mol. The Balaban J connectivity index is 2.18. The molecule has 0 bridgehead atoms. The second kappa shape index (κ2) is 6.25. The number of carbonyl (C=O) groups is 1. The van der Waals surface area contributed by atoms with E-state index in [4.69, 9.17) is 11.6 Å². The zero-order chi connectivity index (χ0) is 14.5. The molecule has 1 aromatic carbocycles. The molecule has 1 aromatic heterocycles. The lowest BCUT2D eigenvalue weighted by molar-refractivity contribution is -0.0501. The Bertz CT molecular complexity index is 608. The molecule has 20 heavy (non-hydrogen) atoms. The molecular formula is C12H8ClF2N3O2. The van der Waals surface area contributed by atoms with E-state index in [9.17, 15) is 13.6 Å². The molecule has 0 spiro atoms. The van der Waals surface area contributed by atoms with Crippen LogP contribution in [0.4, 0.5) is 14.6 Å². The van der Waals surface area contributed by atoms with Crippen LogP contribution in [0.25, 0.3) is 0 Å². The first-order valence-corrected chi connectivity index (χ1v) is 5.77. The fraction of sp³-hybridized carbons (Fsp3) is 0.0833. The molecule has 0 aliphatic rings. The van der Waals surface area contributed by atoms with Gasteiger partial charge in [0.05, 0.1) is 18.0 Å². The van der Waals surface area contributed by atoms with Gasteiger partial charge in [0, 0.05) is 0 Å². The number of aromatic nitrogens is 2. The molecule has 104 valence electrons. The third kappa shape index (κ3) is 3.61. The van der Waals surface area contributed by atoms with Gasteiger partial charge in [0.1, 0.15) is 10.9 Å². The molecule has 0 saturated heterocycles. The van der Waals surface area contributed by atoms with E-state index in [2.05, 4.69) is 20.0 Å². The molecule has 5 nitrogen and oxygen atoms in total. The van der Waals surface area contributed by atoms with Gasteiger partial charge in [0.15, 0.2) is 5.82 Å². The van der Waals surface area contributed by atoms with E-state index in [-0.39, 0.29) is 22.3 Å². The van der Waals surface area contributed by atoms with Crippen LogP contribution in [0.1, 0.15) is 10.4 Å². The molecule has 2 aromatic rings. The molecule has 0 fully saturated rings. The predicted molar refractivity (Wildman–Crippen MR) is 68.1 cm³/mol. The smallest absolute Gasteiger partial charge is 0.387 e. The molecule has 1 N–H and O–H groups in total. The summed E-state index contributed by atoms with van der Waals surface area (Å²) in [6, 6.07) is 5.64. The highest BCUT2D eigenvalue weighted by Gasteiger charge is 2.15. The van der Waals surface area contributed by atoms with Crippen molar-refractivity contribution in [2.24, 2.45) is 0 Å². The van der Waals surface area contributed by atoms with E-state index < -0.39 is 12.5 Å². The molecule has 1 amide bonds. The summed E-state index contributed by atoms with van der Waals surface area (Å²) < 4.78 is 28.8. The fourth-order valence-corrected chi connectivity index (χ4v) is 1.51. The number of hydrogen-bond donors (Lipinski definition) is 1. The van der Waals surface area contributed by atoms with Crippen LogP contribution in [-0.2, 0) is 0 Å². The minimum Gasteiger partial charge on any atom is -0.434 e. The molecule has 0 unspecified atom stereocenters. The quantitative estimate of drug-likeness (QED) is 0.942. The molecule has 2 rings (SSSR count). The fourth-order valence-electron chi connectivity index (χ4n) is 1.41. The average Bonchev–Trinajstić information content (AvgIpc) is 2.41. The highest BCUT2D eigenvalue weighted by Crippen LogP contribution is 2.21. The highest BCUT2D eigenvalue weighted by molar-refractivity contribution is 6.29. The largest absolute Gasteiger partial charge is 0.434 e. The van der Waals surface area contributed by atoms with Gasteiger partial charge in [-0.3, -0.25) is 4.79 Å². The van der Waals surface area contributed by atoms with Crippen molar-refractivity contribution in [3.63, 3.8) is 0 Å². The van der Waals surface area contributed by atoms with Crippen LogP contribution in [0.3, 0.4) is 0 Å². The van der Waals surface area contributed by atoms with Gasteiger partial charge < -0.3 is 10.1 Å². The summed E-state index contributed by atoms with van der Waals surface area (Å²) in [5.41, 5.74) is -0.0375. The van der Waals surface area contributed by atoms with E-state index in [1.165, 1.54) is 36.7 Å². The first-order chi connectivity index (χ1) is 9.56. The summed E-state index contributed by atoms with van der Waals surface area (Å²) in [5.74, 6) is -0.717. The van der Waals surface area contributed by atoms with Gasteiger partial charge >= 0.3 is 6.61 Å². The summed E-state index contributed by atoms with van der Waals surface area (Å²) in [4.78, 5) is 19.5. The maximum atomic E-state index is 12.2. The van der Waals surface area contributed by atoms with Crippen molar-refractivity contribution in [3.05, 3.63) is 47.4 Å². The van der Waals surface area contributed by atoms with Gasteiger partial charge in [-0.05, 0) is 12.1 Å². The number of hydrogen-bond acceptors (Lipinski definition) is 4. The second-order valence-electron chi connectivity index (χ2n) is 3.55. The number of rotatable bonds is 4. The Hall–Kier alpha value is -2.28. The number of amides is 1. The summed E-state index contributed by atoms with van der Waals surface area (Å²) in [6.07, 6.45) is 2.50. The van der Waals surface area contributed by atoms with Crippen molar-refractivity contribution in [2.45, 2.75) is 6.61 Å². The number of nitrogens with one attached hydrogen (secondary N) is 1. The molecule has 0 radical (unpaired) electrons. The Morgan fingerprint density at radius 3 is 2.65 bits per heavy atom. The van der Waals surface area contributed by atoms with E-state index in [0.29, 0.717) is 0 Å². The van der Waals surface area contributed by atoms with Crippen LogP contribution in [0, 0.1) is 0 Å². The summed E-state index contributed by atoms with van der Waals surface area (Å²) in [7, 11) is 0. The van der Waals surface area contributed by atoms with E-state index in [0.717, 1.165) is 0 Å². The van der Waals surface area contributed by atoms with E-state index in [1.807, 2.05) is 0 Å². The summed E-state index contributed by atoms with van der Waals surface area (Å²) in [6.45, 7) is -3.01. The number of benzene rings is 1. The van der Waals surface area contributed by atoms with Crippen LogP contribution in [-0.4, -0.2) is 22.5 Å². The standard InChI is InChI=1S/C12H8ClF2N3O2/c13-9-5-17-10(6-16-9)18-11(19)7-3-1-2-4-8(7)20-12(14)15/h1-6,12H,(H,17,18,19). The number of carbonyl (C=O) groups excluding carboxylic acids is 1. The monoisotopic (exact) mass is 299 g/mol. The molecule has 0 atom stereocenters. The van der Waals surface area contributed by atoms with Gasteiger partial charge in [-0.25, -0.2) is 9.97 Å². The third-order valence-corrected chi connectivity index (χ3v) is 2.40. The van der Waals surface area contributed by atoms with Crippen LogP contribution >= 0.6 is 11.6 Å². The number of nitrogens with zero attached hydrogens (tertiary/aromatic N) is 2. The third-order valence-electron chi connectivity index (χ3n) is 2.21. The van der Waals surface area contributed by atoms with Crippen molar-refractivity contribution < 1.29 is 18.3 Å². The summed E-state index contributed by atoms with van der Waals surface area (Å²) in [5, 5.41) is 2.57. The van der Waals surface area contributed by atoms with Crippen molar-refractivity contribution in [1.82, 2.24) is 9.97 Å². The molecule has 8 heteroatoms. The molecule has 0 saturated carbocycles. The van der Waals surface area contributed by atoms with Crippen molar-refractivity contribution in [3.8, 4) is 5.75 Å². The van der Waals surface area contributed by atoms with Gasteiger partial charge in [-0.1, -0.05) is 23.7 Å². The minimum absolute atomic E-state index is 0.0375. The molecule has 1 heterocycles. The van der Waals surface area contributed by atoms with Crippen LogP contribution in [0.15, 0.2) is 36.7 Å². The average molecular weight is 300 g/mol. The number of para-hydroxylation sites is 1. The first-order valence-electron chi connectivity index (χ1n) is 5.39. The van der Waals surface area contributed by atoms with E-state index in [1.54, 1.807) is 0 Å². The van der Waals surface area contributed by atoms with Crippen LogP contribution < -0.4 is 10.1 Å². The highest BCUT2D eigenvalue weighted by atomic mass is 35.5. The number of anilines is 1. The van der Waals surface area contributed by atoms with Crippen molar-refractivity contribution in [2.75, 3.05) is 5.32 Å². The minimum atomic E-state index is -3.01. The maximum absolute atomic E-state index is 12.2. The van der Waals surface area contributed by atoms with Gasteiger partial charge in [-0.2, -0.15) is 8.78 Å². The zero-order valence-electron chi connectivity index (χ0n) is 9.89. The first kappa shape index (κ1) is 14.1. The lowest BCUT2D eigenvalue weighted by Crippen LogP contribution is -2.15. The number of alkyl halides is 2. The normalized spacial score (nSPS) is 10.4. The lowest BCUT2D eigenvalue weighted by Gasteiger charge is -2.10. The topological polar surface area (TPSA) is 64.1 Å². The van der Waals surface area contributed by atoms with Crippen LogP contribution in [0.5, 0.6) is 5.75 Å². The molecule has 0 aliphatic carbocycles. The SMILES string of the molecule is O=C(Nc1cnc(Cl)cn1)c1ccccc1OC(F)F. The predicted octanol–water partition coefficient (Wildman–Crippen LogP) is 2.98. The number of ether oxygens (including phenoxy) is 1. The number of halogens is 3. The second-order valence-corrected chi connectivity index (χ2v) is 3.94. The maximum Gasteiger partial charge on any atom is 0.387 e. The van der Waals surface area contributed by atoms with Crippen molar-refractivity contribution >= 4 is 23.3 Å². The Labute approximate surface area is 117 Å². The lowest BCUT2D eigenvalue weighted by atomic mass is 10.2. The Kier molecular flexibility index (Phi) is 4.41. The Morgan fingerprint density at radius 1 is 1.25 bits per heavy atom. The van der Waals surface area contributed by atoms with E-state index >= 15 is 0 Å². The van der Waals surface area contributed by atoms with Gasteiger partial charge in [-0.15, -0.1) is 0 Å². The van der Waals surface area contributed by atoms with Crippen LogP contribution in [0.2, 0.25) is 5.15 Å². The van der Waals surface area contributed by atoms with Gasteiger partial charge in [0.2, 0.25) is 0 Å². The van der Waals surface area contributed by atoms with Crippen molar-refractivity contribution in [1.29, 1.82) is 0 Å². The summed E-state index contributed by atoms with van der Waals surface area (Å²) >= 11 is 5.56. The van der Waals surface area contributed by atoms with Gasteiger partial charge in [0.25, 0.3) is 5.91 Å². The zero-order valence-corrected chi connectivity index (χ0v) is 10.6. The molecule has 0 aliphatic heterocycles.